The lowest BCUT2D eigenvalue weighted by atomic mass is 10.2. The van der Waals surface area contributed by atoms with Crippen LogP contribution in [0, 0.1) is 0 Å². The van der Waals surface area contributed by atoms with E-state index < -0.39 is 0 Å². The van der Waals surface area contributed by atoms with Crippen LogP contribution in [-0.2, 0) is 6.54 Å². The molecule has 0 aliphatic rings. The summed E-state index contributed by atoms with van der Waals surface area (Å²) < 4.78 is 1.59. The number of aromatic nitrogens is 2. The quantitative estimate of drug-likeness (QED) is 0.434. The Bertz CT molecular complexity index is 1110. The predicted octanol–water partition coefficient (Wildman–Crippen LogP) is 5.84. The highest BCUT2D eigenvalue weighted by Crippen LogP contribution is 2.28. The molecule has 4 rings (SSSR count). The van der Waals surface area contributed by atoms with Gasteiger partial charge in [-0.1, -0.05) is 59.6 Å². The summed E-state index contributed by atoms with van der Waals surface area (Å²) in [5.74, 6) is -0.217. The Morgan fingerprint density at radius 1 is 1.00 bits per heavy atom. The SMILES string of the molecule is O=C(NCc1ccccc1)c1cc(-c2cccs2)nn1-c1ccc(Cl)c(Cl)c1. The Kier molecular flexibility index (Phi) is 5.48. The van der Waals surface area contributed by atoms with E-state index in [-0.39, 0.29) is 5.91 Å². The van der Waals surface area contributed by atoms with E-state index in [1.165, 1.54) is 0 Å². The highest BCUT2D eigenvalue weighted by atomic mass is 35.5. The van der Waals surface area contributed by atoms with Crippen LogP contribution < -0.4 is 5.32 Å². The van der Waals surface area contributed by atoms with Crippen molar-refractivity contribution in [3.63, 3.8) is 0 Å². The number of halogens is 2. The molecule has 0 bridgehead atoms. The molecule has 2 aromatic carbocycles. The van der Waals surface area contributed by atoms with Crippen molar-refractivity contribution in [1.29, 1.82) is 0 Å². The number of carbonyl (C=O) groups is 1. The molecule has 0 saturated carbocycles. The average Bonchev–Trinajstić information content (AvgIpc) is 3.39. The summed E-state index contributed by atoms with van der Waals surface area (Å²) in [6.45, 7) is 0.431. The third-order valence-electron chi connectivity index (χ3n) is 4.16. The molecule has 0 atom stereocenters. The lowest BCUT2D eigenvalue weighted by Gasteiger charge is -2.09. The molecule has 28 heavy (non-hydrogen) atoms. The van der Waals surface area contributed by atoms with Crippen molar-refractivity contribution in [3.05, 3.63) is 93.4 Å². The van der Waals surface area contributed by atoms with Gasteiger partial charge >= 0.3 is 0 Å². The van der Waals surface area contributed by atoms with Gasteiger partial charge in [-0.25, -0.2) is 4.68 Å². The van der Waals surface area contributed by atoms with Crippen LogP contribution in [0.4, 0.5) is 0 Å². The van der Waals surface area contributed by atoms with Crippen molar-refractivity contribution >= 4 is 40.4 Å². The number of nitrogens with one attached hydrogen (secondary N) is 1. The van der Waals surface area contributed by atoms with Crippen LogP contribution in [0.5, 0.6) is 0 Å². The van der Waals surface area contributed by atoms with Gasteiger partial charge in [0.1, 0.15) is 11.4 Å². The fraction of sp³-hybridized carbons (Fsp3) is 0.0476. The molecule has 0 aliphatic carbocycles. The van der Waals surface area contributed by atoms with Gasteiger partial charge in [-0.2, -0.15) is 5.10 Å². The molecule has 0 spiro atoms. The largest absolute Gasteiger partial charge is 0.347 e. The molecule has 7 heteroatoms. The van der Waals surface area contributed by atoms with Crippen LogP contribution in [0.3, 0.4) is 0 Å². The lowest BCUT2D eigenvalue weighted by molar-refractivity contribution is 0.0943. The highest BCUT2D eigenvalue weighted by Gasteiger charge is 2.18. The molecular weight excluding hydrogens is 413 g/mol. The number of thiophene rings is 1. The number of hydrogen-bond donors (Lipinski definition) is 1. The number of nitrogens with zero attached hydrogens (tertiary/aromatic N) is 2. The standard InChI is InChI=1S/C21H15Cl2N3OS/c22-16-9-8-15(11-17(16)23)26-19(12-18(25-26)20-7-4-10-28-20)21(27)24-13-14-5-2-1-3-6-14/h1-12H,13H2,(H,24,27). The maximum atomic E-state index is 12.9. The van der Waals surface area contributed by atoms with Crippen molar-refractivity contribution < 1.29 is 4.79 Å². The van der Waals surface area contributed by atoms with Crippen molar-refractivity contribution in [3.8, 4) is 16.3 Å². The number of amides is 1. The van der Waals surface area contributed by atoms with Crippen molar-refractivity contribution in [2.24, 2.45) is 0 Å². The number of benzene rings is 2. The third-order valence-corrected chi connectivity index (χ3v) is 5.79. The summed E-state index contributed by atoms with van der Waals surface area (Å²) in [4.78, 5) is 13.9. The third kappa shape index (κ3) is 3.97. The number of hydrogen-bond acceptors (Lipinski definition) is 3. The minimum Gasteiger partial charge on any atom is -0.347 e. The van der Waals surface area contributed by atoms with Gasteiger partial charge in [-0.05, 0) is 41.3 Å². The number of rotatable bonds is 5. The summed E-state index contributed by atoms with van der Waals surface area (Å²) in [6.07, 6.45) is 0. The second kappa shape index (κ2) is 8.19. The average molecular weight is 428 g/mol. The number of carbonyl (C=O) groups excluding carboxylic acids is 1. The maximum Gasteiger partial charge on any atom is 0.270 e. The topological polar surface area (TPSA) is 46.9 Å². The van der Waals surface area contributed by atoms with Crippen LogP contribution in [0.15, 0.2) is 72.1 Å². The van der Waals surface area contributed by atoms with Crippen LogP contribution in [0.1, 0.15) is 16.1 Å². The summed E-state index contributed by atoms with van der Waals surface area (Å²) in [5.41, 5.74) is 2.85. The molecule has 140 valence electrons. The van der Waals surface area contributed by atoms with E-state index in [0.717, 1.165) is 16.1 Å². The minimum absolute atomic E-state index is 0.217. The van der Waals surface area contributed by atoms with Gasteiger partial charge in [0.25, 0.3) is 5.91 Å². The normalized spacial score (nSPS) is 10.8. The van der Waals surface area contributed by atoms with E-state index in [1.54, 1.807) is 40.3 Å². The summed E-state index contributed by atoms with van der Waals surface area (Å²) >= 11 is 13.8. The molecule has 1 N–H and O–H groups in total. The maximum absolute atomic E-state index is 12.9. The van der Waals surface area contributed by atoms with E-state index in [4.69, 9.17) is 23.2 Å². The van der Waals surface area contributed by atoms with E-state index in [0.29, 0.717) is 28.0 Å². The van der Waals surface area contributed by atoms with E-state index >= 15 is 0 Å². The van der Waals surface area contributed by atoms with Crippen LogP contribution in [-0.4, -0.2) is 15.7 Å². The molecule has 0 fully saturated rings. The molecule has 1 amide bonds. The zero-order valence-electron chi connectivity index (χ0n) is 14.6. The summed E-state index contributed by atoms with van der Waals surface area (Å²) in [6, 6.07) is 20.6. The molecule has 2 heterocycles. The summed E-state index contributed by atoms with van der Waals surface area (Å²) in [7, 11) is 0. The Hall–Kier alpha value is -2.60. The second-order valence-corrected chi connectivity index (χ2v) is 7.83. The molecule has 0 radical (unpaired) electrons. The molecule has 2 aromatic heterocycles. The predicted molar refractivity (Wildman–Crippen MR) is 115 cm³/mol. The smallest absolute Gasteiger partial charge is 0.270 e. The molecule has 0 saturated heterocycles. The van der Waals surface area contributed by atoms with Crippen molar-refractivity contribution in [2.75, 3.05) is 0 Å². The van der Waals surface area contributed by atoms with Gasteiger partial charge in [0.15, 0.2) is 0 Å². The molecule has 4 aromatic rings. The Balaban J connectivity index is 1.69. The van der Waals surface area contributed by atoms with Crippen LogP contribution in [0.2, 0.25) is 10.0 Å². The fourth-order valence-corrected chi connectivity index (χ4v) is 3.74. The fourth-order valence-electron chi connectivity index (χ4n) is 2.77. The first-order valence-electron chi connectivity index (χ1n) is 8.53. The highest BCUT2D eigenvalue weighted by molar-refractivity contribution is 7.13. The van der Waals surface area contributed by atoms with Crippen LogP contribution >= 0.6 is 34.5 Å². The van der Waals surface area contributed by atoms with Gasteiger partial charge in [-0.15, -0.1) is 11.3 Å². The Labute approximate surface area is 176 Å². The molecule has 4 nitrogen and oxygen atoms in total. The molecule has 0 unspecified atom stereocenters. The monoisotopic (exact) mass is 427 g/mol. The second-order valence-electron chi connectivity index (χ2n) is 6.07. The molecular formula is C21H15Cl2N3OS. The van der Waals surface area contributed by atoms with Gasteiger partial charge in [0.05, 0.1) is 20.6 Å². The zero-order chi connectivity index (χ0) is 19.5. The van der Waals surface area contributed by atoms with Crippen LogP contribution in [0.25, 0.3) is 16.3 Å². The van der Waals surface area contributed by atoms with E-state index in [9.17, 15) is 4.79 Å². The van der Waals surface area contributed by atoms with Crippen molar-refractivity contribution in [1.82, 2.24) is 15.1 Å². The minimum atomic E-state index is -0.217. The van der Waals surface area contributed by atoms with Gasteiger partial charge < -0.3 is 5.32 Å². The van der Waals surface area contributed by atoms with Gasteiger partial charge in [0, 0.05) is 6.54 Å². The van der Waals surface area contributed by atoms with Gasteiger partial charge in [0.2, 0.25) is 0 Å². The Morgan fingerprint density at radius 2 is 1.82 bits per heavy atom. The Morgan fingerprint density at radius 3 is 2.54 bits per heavy atom. The lowest BCUT2D eigenvalue weighted by Crippen LogP contribution is -2.25. The van der Waals surface area contributed by atoms with Gasteiger partial charge in [-0.3, -0.25) is 4.79 Å². The van der Waals surface area contributed by atoms with E-state index in [1.807, 2.05) is 47.8 Å². The first-order valence-corrected chi connectivity index (χ1v) is 10.2. The molecule has 0 aliphatic heterocycles. The van der Waals surface area contributed by atoms with Crippen molar-refractivity contribution in [2.45, 2.75) is 6.54 Å². The van der Waals surface area contributed by atoms with E-state index in [2.05, 4.69) is 10.4 Å². The first-order chi connectivity index (χ1) is 13.6. The first kappa shape index (κ1) is 18.7. The summed E-state index contributed by atoms with van der Waals surface area (Å²) in [5, 5.41) is 10.4. The zero-order valence-corrected chi connectivity index (χ0v) is 16.9.